The number of thioether (sulfide) groups is 1. The number of benzene rings is 2. The molecule has 0 saturated carbocycles. The van der Waals surface area contributed by atoms with Gasteiger partial charge in [-0.15, -0.1) is 11.8 Å². The van der Waals surface area contributed by atoms with Crippen LogP contribution < -0.4 is 5.32 Å². The first-order chi connectivity index (χ1) is 12.7. The fraction of sp³-hybridized carbons (Fsp3) is 0.409. The van der Waals surface area contributed by atoms with Crippen molar-refractivity contribution in [3.8, 4) is 0 Å². The Bertz CT molecular complexity index is 681. The average molecular weight is 369 g/mol. The highest BCUT2D eigenvalue weighted by atomic mass is 32.2. The molecule has 3 rings (SSSR count). The molecule has 1 aliphatic rings. The molecule has 0 bridgehead atoms. The van der Waals surface area contributed by atoms with Gasteiger partial charge in [-0.3, -0.25) is 9.69 Å². The second-order valence-corrected chi connectivity index (χ2v) is 8.29. The summed E-state index contributed by atoms with van der Waals surface area (Å²) in [6.07, 6.45) is 2.65. The summed E-state index contributed by atoms with van der Waals surface area (Å²) in [6, 6.07) is 18.9. The van der Waals surface area contributed by atoms with Crippen molar-refractivity contribution in [3.63, 3.8) is 0 Å². The molecule has 1 atom stereocenters. The molecule has 1 heterocycles. The second kappa shape index (κ2) is 9.79. The van der Waals surface area contributed by atoms with Crippen LogP contribution in [-0.2, 0) is 23.6 Å². The number of likely N-dealkylation sites (tertiary alicyclic amines) is 1. The zero-order valence-electron chi connectivity index (χ0n) is 15.5. The normalized spacial score (nSPS) is 15.7. The predicted molar refractivity (Wildman–Crippen MR) is 110 cm³/mol. The Kier molecular flexibility index (Phi) is 7.15. The van der Waals surface area contributed by atoms with Crippen molar-refractivity contribution in [1.82, 2.24) is 10.2 Å². The van der Waals surface area contributed by atoms with Gasteiger partial charge in [0.2, 0.25) is 5.91 Å². The lowest BCUT2D eigenvalue weighted by atomic mass is 10.1. The number of nitrogens with one attached hydrogen (secondary N) is 1. The molecule has 0 aliphatic carbocycles. The van der Waals surface area contributed by atoms with Crippen LogP contribution in [0, 0.1) is 0 Å². The summed E-state index contributed by atoms with van der Waals surface area (Å²) >= 11 is 1.68. The van der Waals surface area contributed by atoms with Crippen LogP contribution in [-0.4, -0.2) is 29.1 Å². The molecule has 1 fully saturated rings. The van der Waals surface area contributed by atoms with Crippen molar-refractivity contribution in [2.75, 3.05) is 13.1 Å². The maximum absolute atomic E-state index is 12.3. The first kappa shape index (κ1) is 19.0. The molecular formula is C22H28N2OS. The fourth-order valence-electron chi connectivity index (χ4n) is 3.17. The highest BCUT2D eigenvalue weighted by molar-refractivity contribution is 7.99. The van der Waals surface area contributed by atoms with Crippen molar-refractivity contribution in [1.29, 1.82) is 0 Å². The topological polar surface area (TPSA) is 32.3 Å². The van der Waals surface area contributed by atoms with Gasteiger partial charge in [-0.25, -0.2) is 0 Å². The second-order valence-electron chi connectivity index (χ2n) is 6.96. The Labute approximate surface area is 161 Å². The van der Waals surface area contributed by atoms with E-state index < -0.39 is 0 Å². The summed E-state index contributed by atoms with van der Waals surface area (Å²) in [5, 5.41) is 3.01. The summed E-state index contributed by atoms with van der Waals surface area (Å²) in [6.45, 7) is 6.05. The van der Waals surface area contributed by atoms with E-state index in [-0.39, 0.29) is 11.2 Å². The van der Waals surface area contributed by atoms with E-state index in [2.05, 4.69) is 46.6 Å². The minimum Gasteiger partial charge on any atom is -0.351 e. The number of carbonyl (C=O) groups excluding carboxylic acids is 1. The van der Waals surface area contributed by atoms with Crippen LogP contribution in [0.2, 0.25) is 0 Å². The lowest BCUT2D eigenvalue weighted by Crippen LogP contribution is -2.30. The Morgan fingerprint density at radius 2 is 1.65 bits per heavy atom. The Morgan fingerprint density at radius 1 is 1.00 bits per heavy atom. The smallest absolute Gasteiger partial charge is 0.233 e. The van der Waals surface area contributed by atoms with Crippen LogP contribution in [0.25, 0.3) is 0 Å². The maximum atomic E-state index is 12.3. The molecule has 1 amide bonds. The van der Waals surface area contributed by atoms with Crippen molar-refractivity contribution in [3.05, 3.63) is 71.3 Å². The summed E-state index contributed by atoms with van der Waals surface area (Å²) < 4.78 is 0. The molecule has 0 spiro atoms. The quantitative estimate of drug-likeness (QED) is 0.757. The van der Waals surface area contributed by atoms with Crippen LogP contribution in [0.1, 0.15) is 36.5 Å². The Morgan fingerprint density at radius 3 is 2.35 bits per heavy atom. The van der Waals surface area contributed by atoms with Gasteiger partial charge in [-0.05, 0) is 49.5 Å². The molecule has 2 aromatic carbocycles. The van der Waals surface area contributed by atoms with Crippen LogP contribution in [0.4, 0.5) is 0 Å². The van der Waals surface area contributed by atoms with E-state index in [1.807, 2.05) is 25.1 Å². The lowest BCUT2D eigenvalue weighted by molar-refractivity contribution is -0.120. The van der Waals surface area contributed by atoms with Crippen molar-refractivity contribution in [2.45, 2.75) is 43.9 Å². The predicted octanol–water partition coefficient (Wildman–Crippen LogP) is 4.22. The minimum absolute atomic E-state index is 0.0513. The third-order valence-corrected chi connectivity index (χ3v) is 6.02. The zero-order valence-corrected chi connectivity index (χ0v) is 16.3. The SMILES string of the molecule is C[C@@H](SCc1ccccc1)C(=O)NCc1ccc(CN2CCCC2)cc1. The molecule has 0 unspecified atom stereocenters. The van der Waals surface area contributed by atoms with Gasteiger partial charge in [0.25, 0.3) is 0 Å². The van der Waals surface area contributed by atoms with E-state index in [9.17, 15) is 4.79 Å². The molecule has 0 aromatic heterocycles. The van der Waals surface area contributed by atoms with Crippen molar-refractivity contribution < 1.29 is 4.79 Å². The number of amides is 1. The summed E-state index contributed by atoms with van der Waals surface area (Å²) in [5.41, 5.74) is 3.77. The summed E-state index contributed by atoms with van der Waals surface area (Å²) in [4.78, 5) is 14.8. The molecule has 2 aromatic rings. The Hall–Kier alpha value is -1.78. The molecule has 1 N–H and O–H groups in total. The van der Waals surface area contributed by atoms with E-state index in [0.29, 0.717) is 6.54 Å². The van der Waals surface area contributed by atoms with Gasteiger partial charge in [0.15, 0.2) is 0 Å². The fourth-order valence-corrected chi connectivity index (χ4v) is 4.04. The van der Waals surface area contributed by atoms with Gasteiger partial charge in [0.05, 0.1) is 5.25 Å². The zero-order chi connectivity index (χ0) is 18.2. The monoisotopic (exact) mass is 368 g/mol. The van der Waals surface area contributed by atoms with Crippen LogP contribution in [0.5, 0.6) is 0 Å². The Balaban J connectivity index is 1.40. The van der Waals surface area contributed by atoms with Gasteiger partial charge < -0.3 is 5.32 Å². The van der Waals surface area contributed by atoms with E-state index in [0.717, 1.165) is 17.9 Å². The molecule has 26 heavy (non-hydrogen) atoms. The number of carbonyl (C=O) groups is 1. The first-order valence-corrected chi connectivity index (χ1v) is 10.5. The van der Waals surface area contributed by atoms with E-state index in [1.165, 1.54) is 37.1 Å². The van der Waals surface area contributed by atoms with Crippen molar-refractivity contribution >= 4 is 17.7 Å². The van der Waals surface area contributed by atoms with Crippen LogP contribution in [0.3, 0.4) is 0 Å². The number of hydrogen-bond acceptors (Lipinski definition) is 3. The van der Waals surface area contributed by atoms with E-state index in [4.69, 9.17) is 0 Å². The average Bonchev–Trinajstić information content (AvgIpc) is 3.19. The highest BCUT2D eigenvalue weighted by Gasteiger charge is 2.14. The molecule has 4 heteroatoms. The maximum Gasteiger partial charge on any atom is 0.233 e. The third kappa shape index (κ3) is 5.89. The lowest BCUT2D eigenvalue weighted by Gasteiger charge is -2.15. The molecule has 0 radical (unpaired) electrons. The number of hydrogen-bond donors (Lipinski definition) is 1. The van der Waals surface area contributed by atoms with Crippen LogP contribution >= 0.6 is 11.8 Å². The number of nitrogens with zero attached hydrogens (tertiary/aromatic N) is 1. The molecule has 1 aliphatic heterocycles. The standard InChI is InChI=1S/C22H28N2OS/c1-18(26-17-21-7-3-2-4-8-21)22(25)23-15-19-9-11-20(12-10-19)16-24-13-5-6-14-24/h2-4,7-12,18H,5-6,13-17H2,1H3,(H,23,25)/t18-/m1/s1. The van der Waals surface area contributed by atoms with Gasteiger partial charge in [-0.1, -0.05) is 54.6 Å². The molecule has 138 valence electrons. The minimum atomic E-state index is -0.0513. The third-order valence-electron chi connectivity index (χ3n) is 4.81. The number of rotatable bonds is 8. The van der Waals surface area contributed by atoms with Gasteiger partial charge in [-0.2, -0.15) is 0 Å². The summed E-state index contributed by atoms with van der Waals surface area (Å²) in [7, 11) is 0. The van der Waals surface area contributed by atoms with E-state index >= 15 is 0 Å². The van der Waals surface area contributed by atoms with Crippen LogP contribution in [0.15, 0.2) is 54.6 Å². The largest absolute Gasteiger partial charge is 0.351 e. The van der Waals surface area contributed by atoms with Gasteiger partial charge in [0, 0.05) is 18.8 Å². The van der Waals surface area contributed by atoms with Crippen molar-refractivity contribution in [2.24, 2.45) is 0 Å². The van der Waals surface area contributed by atoms with Gasteiger partial charge >= 0.3 is 0 Å². The molecule has 3 nitrogen and oxygen atoms in total. The summed E-state index contributed by atoms with van der Waals surface area (Å²) in [5.74, 6) is 0.966. The van der Waals surface area contributed by atoms with E-state index in [1.54, 1.807) is 11.8 Å². The van der Waals surface area contributed by atoms with Gasteiger partial charge in [0.1, 0.15) is 0 Å². The first-order valence-electron chi connectivity index (χ1n) is 9.44. The molecule has 1 saturated heterocycles. The highest BCUT2D eigenvalue weighted by Crippen LogP contribution is 2.18. The molecular weight excluding hydrogens is 340 g/mol.